The molecule has 0 fully saturated rings. The van der Waals surface area contributed by atoms with E-state index in [1.54, 1.807) is 37.0 Å². The van der Waals surface area contributed by atoms with E-state index in [-0.39, 0.29) is 12.4 Å². The fourth-order valence-corrected chi connectivity index (χ4v) is 4.75. The fraction of sp³-hybridized carbons (Fsp3) is 0.190. The van der Waals surface area contributed by atoms with Gasteiger partial charge in [-0.05, 0) is 42.1 Å². The topological polar surface area (TPSA) is 108 Å². The zero-order chi connectivity index (χ0) is 22.8. The number of rotatable bonds is 7. The second-order valence-corrected chi connectivity index (χ2v) is 8.59. The molecule has 0 saturated heterocycles. The number of anilines is 1. The molecule has 11 heteroatoms. The Morgan fingerprint density at radius 1 is 1.12 bits per heavy atom. The van der Waals surface area contributed by atoms with Crippen molar-refractivity contribution in [3.63, 3.8) is 0 Å². The van der Waals surface area contributed by atoms with Gasteiger partial charge in [0.1, 0.15) is 17.8 Å². The number of nitrogens with two attached hydrogens (primary N) is 1. The van der Waals surface area contributed by atoms with E-state index in [2.05, 4.69) is 15.0 Å². The quantitative estimate of drug-likeness (QED) is 0.385. The molecule has 0 spiro atoms. The van der Waals surface area contributed by atoms with Crippen molar-refractivity contribution in [2.75, 3.05) is 20.0 Å². The number of benzene rings is 2. The summed E-state index contributed by atoms with van der Waals surface area (Å²) in [4.78, 5) is 13.8. The first kappa shape index (κ1) is 22.5. The fourth-order valence-electron chi connectivity index (χ4n) is 3.18. The van der Waals surface area contributed by atoms with Gasteiger partial charge in [-0.15, -0.1) is 0 Å². The Kier molecular flexibility index (Phi) is 6.61. The summed E-state index contributed by atoms with van der Waals surface area (Å²) in [7, 11) is 3.18. The number of fused-ring (bicyclic) bond motifs is 1. The largest absolute Gasteiger partial charge is 0.497 e. The van der Waals surface area contributed by atoms with Crippen molar-refractivity contribution < 1.29 is 14.6 Å². The van der Waals surface area contributed by atoms with Crippen LogP contribution < -0.4 is 15.2 Å². The van der Waals surface area contributed by atoms with Crippen LogP contribution in [0.15, 0.2) is 52.8 Å². The Hall–Kier alpha value is -2.72. The van der Waals surface area contributed by atoms with Crippen molar-refractivity contribution in [2.24, 2.45) is 0 Å². The number of hydrogen-bond acceptors (Lipinski definition) is 8. The summed E-state index contributed by atoms with van der Waals surface area (Å²) in [5.74, 6) is 1.56. The SMILES string of the molecule is COc1ccc(OC)c(Sc2nc3c(N)ncnc3n2CC(O)c2ccc(Cl)cc2Cl)c1. The molecule has 2 aromatic carbocycles. The second kappa shape index (κ2) is 9.41. The van der Waals surface area contributed by atoms with E-state index >= 15 is 0 Å². The van der Waals surface area contributed by atoms with Crippen LogP contribution in [0.3, 0.4) is 0 Å². The lowest BCUT2D eigenvalue weighted by Gasteiger charge is -2.16. The number of nitrogen functional groups attached to an aromatic ring is 1. The summed E-state index contributed by atoms with van der Waals surface area (Å²) in [5, 5.41) is 12.4. The smallest absolute Gasteiger partial charge is 0.175 e. The molecule has 8 nitrogen and oxygen atoms in total. The Bertz CT molecular complexity index is 1280. The van der Waals surface area contributed by atoms with Crippen molar-refractivity contribution in [1.29, 1.82) is 0 Å². The number of imidazole rings is 1. The van der Waals surface area contributed by atoms with Crippen LogP contribution in [0.25, 0.3) is 11.2 Å². The van der Waals surface area contributed by atoms with E-state index in [0.29, 0.717) is 43.4 Å². The number of ether oxygens (including phenoxy) is 2. The number of nitrogens with zero attached hydrogens (tertiary/aromatic N) is 4. The summed E-state index contributed by atoms with van der Waals surface area (Å²) in [6.45, 7) is 0.128. The van der Waals surface area contributed by atoms with Crippen LogP contribution in [0.4, 0.5) is 5.82 Å². The number of aromatic nitrogens is 4. The van der Waals surface area contributed by atoms with Crippen molar-refractivity contribution in [3.05, 3.63) is 58.3 Å². The second-order valence-electron chi connectivity index (χ2n) is 6.74. The molecule has 0 aliphatic carbocycles. The normalized spacial score (nSPS) is 12.2. The summed E-state index contributed by atoms with van der Waals surface area (Å²) in [5.41, 5.74) is 7.50. The highest BCUT2D eigenvalue weighted by Crippen LogP contribution is 2.39. The van der Waals surface area contributed by atoms with Crippen LogP contribution in [-0.4, -0.2) is 38.8 Å². The number of hydrogen-bond donors (Lipinski definition) is 2. The minimum atomic E-state index is -0.945. The zero-order valence-corrected chi connectivity index (χ0v) is 19.4. The molecule has 0 amide bonds. The van der Waals surface area contributed by atoms with Gasteiger partial charge in [-0.25, -0.2) is 15.0 Å². The Morgan fingerprint density at radius 3 is 2.66 bits per heavy atom. The van der Waals surface area contributed by atoms with Crippen molar-refractivity contribution in [3.8, 4) is 11.5 Å². The molecule has 0 bridgehead atoms. The molecule has 1 unspecified atom stereocenters. The summed E-state index contributed by atoms with van der Waals surface area (Å²) >= 11 is 13.6. The van der Waals surface area contributed by atoms with Crippen LogP contribution in [0.5, 0.6) is 11.5 Å². The number of halogens is 2. The highest BCUT2D eigenvalue weighted by Gasteiger charge is 2.21. The summed E-state index contributed by atoms with van der Waals surface area (Å²) in [6, 6.07) is 10.4. The first-order valence-corrected chi connectivity index (χ1v) is 11.0. The lowest BCUT2D eigenvalue weighted by molar-refractivity contribution is 0.154. The van der Waals surface area contributed by atoms with Gasteiger partial charge in [-0.1, -0.05) is 29.3 Å². The van der Waals surface area contributed by atoms with Gasteiger partial charge < -0.3 is 24.9 Å². The minimum Gasteiger partial charge on any atom is -0.497 e. The molecule has 0 saturated carbocycles. The molecule has 0 aliphatic heterocycles. The summed E-state index contributed by atoms with van der Waals surface area (Å²) < 4.78 is 12.6. The van der Waals surface area contributed by atoms with Crippen molar-refractivity contribution >= 4 is 51.9 Å². The molecular formula is C21H19Cl2N5O3S. The lowest BCUT2D eigenvalue weighted by atomic mass is 10.1. The standard InChI is InChI=1S/C21H19Cl2N5O3S/c1-30-12-4-6-16(31-2)17(8-12)32-21-27-18-19(24)25-10-26-20(18)28(21)9-15(29)13-5-3-11(22)7-14(13)23/h3-8,10,15,29H,9H2,1-2H3,(H2,24,25,26). The Labute approximate surface area is 198 Å². The van der Waals surface area contributed by atoms with Gasteiger partial charge in [-0.2, -0.15) is 0 Å². The third-order valence-corrected chi connectivity index (χ3v) is 6.37. The predicted molar refractivity (Wildman–Crippen MR) is 125 cm³/mol. The Morgan fingerprint density at radius 2 is 1.94 bits per heavy atom. The molecule has 3 N–H and O–H groups in total. The zero-order valence-electron chi connectivity index (χ0n) is 17.1. The van der Waals surface area contributed by atoms with E-state index in [4.69, 9.17) is 38.4 Å². The maximum atomic E-state index is 11.0. The van der Waals surface area contributed by atoms with Gasteiger partial charge in [0, 0.05) is 15.6 Å². The highest BCUT2D eigenvalue weighted by atomic mass is 35.5. The number of aliphatic hydroxyl groups is 1. The van der Waals surface area contributed by atoms with Gasteiger partial charge in [0.2, 0.25) is 0 Å². The molecular weight excluding hydrogens is 473 g/mol. The van der Waals surface area contributed by atoms with Crippen LogP contribution in [0.1, 0.15) is 11.7 Å². The first-order valence-electron chi connectivity index (χ1n) is 9.41. The van der Waals surface area contributed by atoms with Gasteiger partial charge in [0.15, 0.2) is 22.1 Å². The van der Waals surface area contributed by atoms with E-state index < -0.39 is 6.10 Å². The van der Waals surface area contributed by atoms with Crippen LogP contribution in [0, 0.1) is 0 Å². The number of aliphatic hydroxyl groups excluding tert-OH is 1. The monoisotopic (exact) mass is 491 g/mol. The minimum absolute atomic E-state index is 0.128. The van der Waals surface area contributed by atoms with E-state index in [0.717, 1.165) is 4.90 Å². The molecule has 2 heterocycles. The first-order chi connectivity index (χ1) is 15.4. The van der Waals surface area contributed by atoms with Gasteiger partial charge in [0.05, 0.1) is 31.8 Å². The molecule has 1 atom stereocenters. The third-order valence-electron chi connectivity index (χ3n) is 4.77. The molecule has 4 rings (SSSR count). The van der Waals surface area contributed by atoms with Crippen molar-refractivity contribution in [2.45, 2.75) is 22.7 Å². The van der Waals surface area contributed by atoms with Gasteiger partial charge in [0.25, 0.3) is 0 Å². The average molecular weight is 492 g/mol. The molecule has 0 radical (unpaired) electrons. The maximum absolute atomic E-state index is 11.0. The maximum Gasteiger partial charge on any atom is 0.175 e. The lowest BCUT2D eigenvalue weighted by Crippen LogP contribution is -2.11. The van der Waals surface area contributed by atoms with Crippen LogP contribution in [-0.2, 0) is 6.54 Å². The molecule has 2 aromatic heterocycles. The Balaban J connectivity index is 1.78. The molecule has 32 heavy (non-hydrogen) atoms. The molecule has 4 aromatic rings. The van der Waals surface area contributed by atoms with E-state index in [1.807, 2.05) is 18.2 Å². The van der Waals surface area contributed by atoms with E-state index in [1.165, 1.54) is 18.1 Å². The predicted octanol–water partition coefficient (Wildman–Crippen LogP) is 4.62. The van der Waals surface area contributed by atoms with Gasteiger partial charge >= 0.3 is 0 Å². The summed E-state index contributed by atoms with van der Waals surface area (Å²) in [6.07, 6.45) is 0.415. The van der Waals surface area contributed by atoms with Crippen LogP contribution in [0.2, 0.25) is 10.0 Å². The van der Waals surface area contributed by atoms with Gasteiger partial charge in [-0.3, -0.25) is 0 Å². The van der Waals surface area contributed by atoms with Crippen LogP contribution >= 0.6 is 35.0 Å². The molecule has 166 valence electrons. The third kappa shape index (κ3) is 4.42. The molecule has 0 aliphatic rings. The van der Waals surface area contributed by atoms with Crippen molar-refractivity contribution in [1.82, 2.24) is 19.5 Å². The average Bonchev–Trinajstić information content (AvgIpc) is 3.12. The highest BCUT2D eigenvalue weighted by molar-refractivity contribution is 7.99. The van der Waals surface area contributed by atoms with E-state index in [9.17, 15) is 5.11 Å². The number of methoxy groups -OCH3 is 2.